The molecular formula is C10H8FN3OS. The van der Waals surface area contributed by atoms with Gasteiger partial charge in [0.15, 0.2) is 17.6 Å². The maximum atomic E-state index is 12.8. The molecule has 1 N–H and O–H groups in total. The molecule has 1 aromatic carbocycles. The van der Waals surface area contributed by atoms with Crippen LogP contribution in [0.3, 0.4) is 0 Å². The molecule has 0 amide bonds. The maximum absolute atomic E-state index is 12.8. The van der Waals surface area contributed by atoms with E-state index in [2.05, 4.69) is 10.3 Å². The molecule has 0 spiro atoms. The summed E-state index contributed by atoms with van der Waals surface area (Å²) < 4.78 is 12.8. The van der Waals surface area contributed by atoms with Crippen LogP contribution in [0.1, 0.15) is 10.4 Å². The lowest BCUT2D eigenvalue weighted by Gasteiger charge is -2.02. The normalized spacial score (nSPS) is 10.7. The number of rotatable bonds is 2. The summed E-state index contributed by atoms with van der Waals surface area (Å²) in [5.74, 6) is -0.500. The number of hydrogen-bond donors (Lipinski definition) is 1. The van der Waals surface area contributed by atoms with Gasteiger partial charge in [-0.3, -0.25) is 10.1 Å². The number of aldehydes is 1. The molecule has 6 heteroatoms. The number of thioether (sulfide) groups is 1. The van der Waals surface area contributed by atoms with E-state index in [0.29, 0.717) is 17.1 Å². The first-order valence-corrected chi connectivity index (χ1v) is 5.46. The first-order chi connectivity index (χ1) is 7.71. The van der Waals surface area contributed by atoms with E-state index >= 15 is 0 Å². The third-order valence-electron chi connectivity index (χ3n) is 1.69. The number of hydrogen-bond acceptors (Lipinski definition) is 4. The van der Waals surface area contributed by atoms with Gasteiger partial charge in [-0.1, -0.05) is 11.8 Å². The number of halogens is 1. The highest BCUT2D eigenvalue weighted by molar-refractivity contribution is 8.13. The molecule has 0 fully saturated rings. The van der Waals surface area contributed by atoms with Crippen molar-refractivity contribution >= 4 is 28.9 Å². The first-order valence-electron chi connectivity index (χ1n) is 4.23. The summed E-state index contributed by atoms with van der Waals surface area (Å²) in [5, 5.41) is 11.1. The molecule has 16 heavy (non-hydrogen) atoms. The number of nitrogens with one attached hydrogen (secondary N) is 1. The molecule has 0 aliphatic rings. The largest absolute Gasteiger partial charge is 0.298 e. The minimum Gasteiger partial charge on any atom is -0.298 e. The monoisotopic (exact) mass is 237 g/mol. The predicted molar refractivity (Wildman–Crippen MR) is 61.1 cm³/mol. The van der Waals surface area contributed by atoms with Gasteiger partial charge in [0.2, 0.25) is 0 Å². The fourth-order valence-electron chi connectivity index (χ4n) is 1.00. The van der Waals surface area contributed by atoms with Gasteiger partial charge in [-0.15, -0.1) is 0 Å². The zero-order valence-electron chi connectivity index (χ0n) is 8.40. The summed E-state index contributed by atoms with van der Waals surface area (Å²) in [5.41, 5.74) is 0.467. The van der Waals surface area contributed by atoms with Crippen LogP contribution in [0, 0.1) is 17.3 Å². The van der Waals surface area contributed by atoms with Gasteiger partial charge in [0.25, 0.3) is 0 Å². The van der Waals surface area contributed by atoms with Crippen molar-refractivity contribution in [1.82, 2.24) is 5.32 Å². The molecule has 4 nitrogen and oxygen atoms in total. The smallest absolute Gasteiger partial charge is 0.183 e. The Morgan fingerprint density at radius 2 is 2.44 bits per heavy atom. The molecule has 0 aliphatic heterocycles. The fraction of sp³-hybridized carbons (Fsp3) is 0.100. The summed E-state index contributed by atoms with van der Waals surface area (Å²) in [6, 6.07) is 3.68. The van der Waals surface area contributed by atoms with Crippen LogP contribution in [0.4, 0.5) is 10.1 Å². The number of benzene rings is 1. The summed E-state index contributed by atoms with van der Waals surface area (Å²) in [6.07, 6.45) is 3.97. The van der Waals surface area contributed by atoms with Crippen molar-refractivity contribution in [2.45, 2.75) is 0 Å². The van der Waals surface area contributed by atoms with Gasteiger partial charge in [0, 0.05) is 5.56 Å². The van der Waals surface area contributed by atoms with Crippen molar-refractivity contribution < 1.29 is 9.18 Å². The third kappa shape index (κ3) is 3.07. The number of amidine groups is 1. The van der Waals surface area contributed by atoms with Crippen LogP contribution in [0.15, 0.2) is 23.2 Å². The van der Waals surface area contributed by atoms with E-state index in [1.165, 1.54) is 23.9 Å². The number of carbonyl (C=O) groups excluding carboxylic acids is 1. The molecule has 0 radical (unpaired) electrons. The maximum Gasteiger partial charge on any atom is 0.183 e. The van der Waals surface area contributed by atoms with Crippen LogP contribution in [-0.2, 0) is 0 Å². The Hall–Kier alpha value is -1.87. The Balaban J connectivity index is 3.13. The Kier molecular flexibility index (Phi) is 4.48. The average Bonchev–Trinajstić information content (AvgIpc) is 2.30. The molecule has 0 aliphatic carbocycles. The summed E-state index contributed by atoms with van der Waals surface area (Å²) in [4.78, 5) is 14.7. The molecule has 82 valence electrons. The minimum absolute atomic E-state index is 0.145. The van der Waals surface area contributed by atoms with Crippen LogP contribution in [0.25, 0.3) is 0 Å². The predicted octanol–water partition coefficient (Wildman–Crippen LogP) is 2.06. The highest BCUT2D eigenvalue weighted by Gasteiger charge is 2.04. The Morgan fingerprint density at radius 1 is 1.69 bits per heavy atom. The van der Waals surface area contributed by atoms with Crippen LogP contribution in [0.5, 0.6) is 0 Å². The molecule has 0 bridgehead atoms. The van der Waals surface area contributed by atoms with Crippen LogP contribution in [0.2, 0.25) is 0 Å². The Labute approximate surface area is 96.2 Å². The van der Waals surface area contributed by atoms with Gasteiger partial charge >= 0.3 is 0 Å². The first kappa shape index (κ1) is 12.2. The molecule has 1 rings (SSSR count). The van der Waals surface area contributed by atoms with Gasteiger partial charge in [-0.25, -0.2) is 9.38 Å². The lowest BCUT2D eigenvalue weighted by Crippen LogP contribution is -2.12. The summed E-state index contributed by atoms with van der Waals surface area (Å²) in [6.45, 7) is 0. The summed E-state index contributed by atoms with van der Waals surface area (Å²) in [7, 11) is 0. The number of aliphatic imine (C=N–C) groups is 1. The highest BCUT2D eigenvalue weighted by atomic mass is 32.2. The molecule has 0 heterocycles. The Morgan fingerprint density at radius 3 is 3.00 bits per heavy atom. The zero-order chi connectivity index (χ0) is 12.0. The highest BCUT2D eigenvalue weighted by Crippen LogP contribution is 2.19. The van der Waals surface area contributed by atoms with Gasteiger partial charge in [0.1, 0.15) is 5.82 Å². The van der Waals surface area contributed by atoms with Crippen LogP contribution >= 0.6 is 11.8 Å². The van der Waals surface area contributed by atoms with E-state index < -0.39 is 5.82 Å². The second-order valence-electron chi connectivity index (χ2n) is 2.68. The molecule has 0 saturated carbocycles. The fourth-order valence-corrected chi connectivity index (χ4v) is 1.34. The molecule has 0 aromatic heterocycles. The SMILES string of the molecule is CSC(=Nc1ccc(F)cc1C=O)NC#N. The number of nitriles is 1. The second kappa shape index (κ2) is 5.88. The van der Waals surface area contributed by atoms with Crippen molar-refractivity contribution in [3.05, 3.63) is 29.6 Å². The van der Waals surface area contributed by atoms with E-state index in [1.807, 2.05) is 0 Å². The second-order valence-corrected chi connectivity index (χ2v) is 3.47. The van der Waals surface area contributed by atoms with E-state index in [0.717, 1.165) is 6.07 Å². The van der Waals surface area contributed by atoms with Crippen LogP contribution < -0.4 is 5.32 Å². The van der Waals surface area contributed by atoms with Crippen molar-refractivity contribution in [2.24, 2.45) is 4.99 Å². The molecule has 1 aromatic rings. The van der Waals surface area contributed by atoms with Crippen LogP contribution in [-0.4, -0.2) is 17.7 Å². The summed E-state index contributed by atoms with van der Waals surface area (Å²) >= 11 is 1.22. The van der Waals surface area contributed by atoms with Crippen molar-refractivity contribution in [2.75, 3.05) is 6.26 Å². The average molecular weight is 237 g/mol. The Bertz CT molecular complexity index is 468. The molecule has 0 unspecified atom stereocenters. The standard InChI is InChI=1S/C10H8FN3OS/c1-16-10(13-6-12)14-9-3-2-8(11)4-7(9)5-15/h2-5H,1H3,(H,13,14). The lowest BCUT2D eigenvalue weighted by molar-refractivity contribution is 0.112. The topological polar surface area (TPSA) is 65.2 Å². The molecular weight excluding hydrogens is 229 g/mol. The van der Waals surface area contributed by atoms with E-state index in [9.17, 15) is 9.18 Å². The van der Waals surface area contributed by atoms with E-state index in [-0.39, 0.29) is 5.56 Å². The van der Waals surface area contributed by atoms with Gasteiger partial charge < -0.3 is 0 Å². The third-order valence-corrected chi connectivity index (χ3v) is 2.27. The zero-order valence-corrected chi connectivity index (χ0v) is 9.21. The van der Waals surface area contributed by atoms with Gasteiger partial charge in [-0.05, 0) is 24.5 Å². The lowest BCUT2D eigenvalue weighted by atomic mass is 10.2. The molecule has 0 saturated heterocycles. The number of nitrogens with zero attached hydrogens (tertiary/aromatic N) is 2. The minimum atomic E-state index is -0.500. The van der Waals surface area contributed by atoms with E-state index in [1.54, 1.807) is 12.4 Å². The van der Waals surface area contributed by atoms with Crippen molar-refractivity contribution in [3.8, 4) is 6.19 Å². The van der Waals surface area contributed by atoms with Gasteiger partial charge in [-0.2, -0.15) is 5.26 Å². The quantitative estimate of drug-likeness (QED) is 0.281. The molecule has 0 atom stereocenters. The van der Waals surface area contributed by atoms with Gasteiger partial charge in [0.05, 0.1) is 5.69 Å². The number of carbonyl (C=O) groups is 1. The van der Waals surface area contributed by atoms with E-state index in [4.69, 9.17) is 5.26 Å². The van der Waals surface area contributed by atoms with Crippen molar-refractivity contribution in [3.63, 3.8) is 0 Å². The van der Waals surface area contributed by atoms with Crippen molar-refractivity contribution in [1.29, 1.82) is 5.26 Å².